The molecule has 1 atom stereocenters. The molecule has 1 aliphatic heterocycles. The topological polar surface area (TPSA) is 82.8 Å². The van der Waals surface area contributed by atoms with Gasteiger partial charge in [-0.25, -0.2) is 8.42 Å². The Morgan fingerprint density at radius 2 is 1.77 bits per heavy atom. The molecule has 1 N–H and O–H groups in total. The van der Waals surface area contributed by atoms with Crippen LogP contribution in [0.15, 0.2) is 53.4 Å². The molecular formula is C23H27N3O4S. The van der Waals surface area contributed by atoms with Gasteiger partial charge in [0.25, 0.3) is 0 Å². The summed E-state index contributed by atoms with van der Waals surface area (Å²) in [6.45, 7) is 0.501. The van der Waals surface area contributed by atoms with Crippen LogP contribution in [0.3, 0.4) is 0 Å². The van der Waals surface area contributed by atoms with Crippen molar-refractivity contribution < 1.29 is 18.3 Å². The van der Waals surface area contributed by atoms with Crippen LogP contribution in [0.5, 0.6) is 0 Å². The lowest BCUT2D eigenvalue weighted by molar-refractivity contribution is -0.136. The number of carbonyl (C=O) groups is 1. The number of sulfonamides is 1. The SMILES string of the molecule is CN(C)c1ccc(S(=O)(=O)N(C)C2CCc3c(CC(=O)O)c4ccccc4n3C2)cc1. The van der Waals surface area contributed by atoms with Crippen LogP contribution in [0, 0.1) is 0 Å². The highest BCUT2D eigenvalue weighted by Crippen LogP contribution is 2.33. The van der Waals surface area contributed by atoms with Crippen LogP contribution in [0.2, 0.25) is 0 Å². The number of nitrogens with zero attached hydrogens (tertiary/aromatic N) is 3. The Kier molecular flexibility index (Phi) is 5.53. The Morgan fingerprint density at radius 3 is 2.42 bits per heavy atom. The number of carboxylic acids is 1. The molecule has 3 aromatic rings. The molecule has 0 bridgehead atoms. The summed E-state index contributed by atoms with van der Waals surface area (Å²) in [7, 11) is 1.82. The van der Waals surface area contributed by atoms with Gasteiger partial charge in [0.2, 0.25) is 10.0 Å². The zero-order chi connectivity index (χ0) is 22.3. The third-order valence-corrected chi connectivity index (χ3v) is 8.10. The van der Waals surface area contributed by atoms with Crippen molar-refractivity contribution in [3.05, 3.63) is 59.8 Å². The Morgan fingerprint density at radius 1 is 1.10 bits per heavy atom. The number of benzene rings is 2. The second-order valence-electron chi connectivity index (χ2n) is 8.23. The van der Waals surface area contributed by atoms with E-state index >= 15 is 0 Å². The van der Waals surface area contributed by atoms with E-state index < -0.39 is 16.0 Å². The zero-order valence-electron chi connectivity index (χ0n) is 17.9. The second kappa shape index (κ2) is 8.01. The van der Waals surface area contributed by atoms with Crippen LogP contribution < -0.4 is 4.90 Å². The van der Waals surface area contributed by atoms with Crippen molar-refractivity contribution in [3.8, 4) is 0 Å². The van der Waals surface area contributed by atoms with Gasteiger partial charge in [-0.2, -0.15) is 4.31 Å². The summed E-state index contributed by atoms with van der Waals surface area (Å²) in [4.78, 5) is 13.6. The van der Waals surface area contributed by atoms with Gasteiger partial charge in [0.05, 0.1) is 11.3 Å². The summed E-state index contributed by atoms with van der Waals surface area (Å²) in [5.74, 6) is -0.859. The smallest absolute Gasteiger partial charge is 0.307 e. The molecule has 31 heavy (non-hydrogen) atoms. The van der Waals surface area contributed by atoms with E-state index in [1.165, 1.54) is 4.31 Å². The number of anilines is 1. The summed E-state index contributed by atoms with van der Waals surface area (Å²) < 4.78 is 30.1. The first-order chi connectivity index (χ1) is 14.7. The fourth-order valence-electron chi connectivity index (χ4n) is 4.45. The van der Waals surface area contributed by atoms with E-state index in [9.17, 15) is 18.3 Å². The minimum atomic E-state index is -3.64. The number of fused-ring (bicyclic) bond motifs is 3. The Balaban J connectivity index is 1.66. The number of aromatic nitrogens is 1. The van der Waals surface area contributed by atoms with Crippen molar-refractivity contribution in [1.82, 2.24) is 8.87 Å². The number of hydrogen-bond acceptors (Lipinski definition) is 4. The summed E-state index contributed by atoms with van der Waals surface area (Å²) in [6, 6.07) is 14.4. The van der Waals surface area contributed by atoms with Gasteiger partial charge in [-0.15, -0.1) is 0 Å². The summed E-state index contributed by atoms with van der Waals surface area (Å²) >= 11 is 0. The van der Waals surface area contributed by atoms with Gasteiger partial charge in [-0.05, 0) is 48.7 Å². The maximum atomic E-state index is 13.3. The molecule has 0 radical (unpaired) electrons. The van der Waals surface area contributed by atoms with E-state index in [1.807, 2.05) is 43.3 Å². The third-order valence-electron chi connectivity index (χ3n) is 6.17. The summed E-state index contributed by atoms with van der Waals surface area (Å²) in [5, 5.41) is 10.3. The molecule has 8 heteroatoms. The van der Waals surface area contributed by atoms with Crippen molar-refractivity contribution in [1.29, 1.82) is 0 Å². The highest BCUT2D eigenvalue weighted by molar-refractivity contribution is 7.89. The molecule has 0 fully saturated rings. The third kappa shape index (κ3) is 3.81. The Labute approximate surface area is 182 Å². The van der Waals surface area contributed by atoms with Crippen LogP contribution in [-0.2, 0) is 34.2 Å². The normalized spacial score (nSPS) is 16.5. The van der Waals surface area contributed by atoms with Gasteiger partial charge in [-0.3, -0.25) is 4.79 Å². The molecule has 1 aromatic heterocycles. The average molecular weight is 442 g/mol. The number of hydrogen-bond donors (Lipinski definition) is 1. The Hall–Kier alpha value is -2.84. The van der Waals surface area contributed by atoms with Crippen molar-refractivity contribution in [3.63, 3.8) is 0 Å². The molecule has 0 aliphatic carbocycles. The first-order valence-electron chi connectivity index (χ1n) is 10.3. The molecule has 2 heterocycles. The molecule has 0 amide bonds. The summed E-state index contributed by atoms with van der Waals surface area (Å²) in [5.41, 5.74) is 3.74. The van der Waals surface area contributed by atoms with Gasteiger partial charge in [0.1, 0.15) is 0 Å². The van der Waals surface area contributed by atoms with Crippen molar-refractivity contribution >= 4 is 32.6 Å². The standard InChI is InChI=1S/C23H27N3O4S/c1-24(2)16-8-11-18(12-9-16)31(29,30)25(3)17-10-13-22-20(14-23(27)28)19-6-4-5-7-21(19)26(22)15-17/h4-9,11-12,17H,10,13-15H2,1-3H3,(H,27,28). The highest BCUT2D eigenvalue weighted by atomic mass is 32.2. The van der Waals surface area contributed by atoms with Gasteiger partial charge < -0.3 is 14.6 Å². The maximum Gasteiger partial charge on any atom is 0.307 e. The second-order valence-corrected chi connectivity index (χ2v) is 10.2. The highest BCUT2D eigenvalue weighted by Gasteiger charge is 2.33. The van der Waals surface area contributed by atoms with Gasteiger partial charge in [0, 0.05) is 56.0 Å². The van der Waals surface area contributed by atoms with Gasteiger partial charge in [-0.1, -0.05) is 18.2 Å². The lowest BCUT2D eigenvalue weighted by atomic mass is 10.0. The zero-order valence-corrected chi connectivity index (χ0v) is 18.8. The number of aliphatic carboxylic acids is 1. The minimum absolute atomic E-state index is 0.0279. The number of rotatable bonds is 6. The van der Waals surface area contributed by atoms with E-state index in [0.717, 1.165) is 27.8 Å². The predicted octanol–water partition coefficient (Wildman–Crippen LogP) is 2.97. The van der Waals surface area contributed by atoms with E-state index in [4.69, 9.17) is 0 Å². The molecule has 0 saturated heterocycles. The molecule has 0 spiro atoms. The average Bonchev–Trinajstić information content (AvgIpc) is 3.06. The molecule has 2 aromatic carbocycles. The lowest BCUT2D eigenvalue weighted by Gasteiger charge is -2.32. The monoisotopic (exact) mass is 441 g/mol. The van der Waals surface area contributed by atoms with Crippen LogP contribution in [0.1, 0.15) is 17.7 Å². The fraction of sp³-hybridized carbons (Fsp3) is 0.348. The quantitative estimate of drug-likeness (QED) is 0.636. The van der Waals surface area contributed by atoms with Crippen LogP contribution >= 0.6 is 0 Å². The fourth-order valence-corrected chi connectivity index (χ4v) is 5.83. The first-order valence-corrected chi connectivity index (χ1v) is 11.7. The number of para-hydroxylation sites is 1. The molecule has 1 aliphatic rings. The van der Waals surface area contributed by atoms with Crippen molar-refractivity contribution in [2.45, 2.75) is 36.7 Å². The molecular weight excluding hydrogens is 414 g/mol. The molecule has 7 nitrogen and oxygen atoms in total. The number of carboxylic acid groups (broad SMARTS) is 1. The van der Waals surface area contributed by atoms with Crippen LogP contribution in [0.4, 0.5) is 5.69 Å². The van der Waals surface area contributed by atoms with Gasteiger partial charge >= 0.3 is 5.97 Å². The van der Waals surface area contributed by atoms with E-state index in [1.54, 1.807) is 31.3 Å². The largest absolute Gasteiger partial charge is 0.481 e. The first kappa shape index (κ1) is 21.4. The lowest BCUT2D eigenvalue weighted by Crippen LogP contribution is -2.42. The molecule has 0 saturated carbocycles. The molecule has 4 rings (SSSR count). The van der Waals surface area contributed by atoms with E-state index in [-0.39, 0.29) is 17.4 Å². The minimum Gasteiger partial charge on any atom is -0.481 e. The van der Waals surface area contributed by atoms with E-state index in [0.29, 0.717) is 19.4 Å². The van der Waals surface area contributed by atoms with Crippen LogP contribution in [0.25, 0.3) is 10.9 Å². The van der Waals surface area contributed by atoms with Gasteiger partial charge in [0.15, 0.2) is 0 Å². The van der Waals surface area contributed by atoms with Crippen molar-refractivity contribution in [2.75, 3.05) is 26.0 Å². The molecule has 164 valence electrons. The van der Waals surface area contributed by atoms with E-state index in [2.05, 4.69) is 4.57 Å². The van der Waals surface area contributed by atoms with Crippen molar-refractivity contribution in [2.24, 2.45) is 0 Å². The molecule has 1 unspecified atom stereocenters. The number of likely N-dealkylation sites (N-methyl/N-ethyl adjacent to an activating group) is 1. The maximum absolute atomic E-state index is 13.3. The van der Waals surface area contributed by atoms with Crippen LogP contribution in [-0.4, -0.2) is 55.6 Å². The summed E-state index contributed by atoms with van der Waals surface area (Å²) in [6.07, 6.45) is 1.26. The Bertz CT molecular complexity index is 1230. The predicted molar refractivity (Wildman–Crippen MR) is 121 cm³/mol.